The Kier molecular flexibility index (Phi) is 3.61. The summed E-state index contributed by atoms with van der Waals surface area (Å²) in [5.41, 5.74) is 1.45. The molecule has 0 amide bonds. The van der Waals surface area contributed by atoms with Crippen LogP contribution in [0.2, 0.25) is 0 Å². The molecule has 0 atom stereocenters. The van der Waals surface area contributed by atoms with Crippen molar-refractivity contribution >= 4 is 7.98 Å². The number of hydrogen-bond donors (Lipinski definition) is 1. The molecule has 1 N–H and O–H groups in total. The summed E-state index contributed by atoms with van der Waals surface area (Å²) in [7, 11) is 5.54. The second kappa shape index (κ2) is 4.40. The summed E-state index contributed by atoms with van der Waals surface area (Å²) in [4.78, 5) is 0. The van der Waals surface area contributed by atoms with Crippen LogP contribution in [-0.4, -0.2) is 13.5 Å². The van der Waals surface area contributed by atoms with Crippen LogP contribution in [0, 0.1) is 0 Å². The van der Waals surface area contributed by atoms with Gasteiger partial charge in [-0.1, -0.05) is 44.2 Å². The molecule has 0 aromatic heterocycles. The van der Waals surface area contributed by atoms with Crippen molar-refractivity contribution in [1.29, 1.82) is 0 Å². The van der Waals surface area contributed by atoms with Gasteiger partial charge < -0.3 is 5.23 Å². The molecule has 0 bridgehead atoms. The number of rotatable bonds is 4. The van der Waals surface area contributed by atoms with Gasteiger partial charge in [0.15, 0.2) is 7.98 Å². The Hall–Kier alpha value is -0.755. The normalized spacial score (nSPS) is 12.8. The Morgan fingerprint density at radius 1 is 1.07 bits per heavy atom. The maximum Gasteiger partial charge on any atom is 0.178 e. The first-order chi connectivity index (χ1) is 6.87. The van der Waals surface area contributed by atoms with Crippen molar-refractivity contribution in [2.24, 2.45) is 0 Å². The lowest BCUT2D eigenvalue weighted by atomic mass is 9.74. The summed E-state index contributed by atoms with van der Waals surface area (Å²) in [5, 5.41) is 2.87. The zero-order chi connectivity index (χ0) is 11.5. The molecule has 0 aliphatic carbocycles. The van der Waals surface area contributed by atoms with Crippen LogP contribution in [0.15, 0.2) is 30.3 Å². The molecule has 2 heteroatoms. The van der Waals surface area contributed by atoms with Gasteiger partial charge in [0.05, 0.1) is 0 Å². The van der Waals surface area contributed by atoms with Crippen molar-refractivity contribution in [3.63, 3.8) is 0 Å². The van der Waals surface area contributed by atoms with Gasteiger partial charge >= 0.3 is 0 Å². The number of hydrogen-bond acceptors (Lipinski definition) is 1. The standard InChI is InChI=1S/C13H20BN/c1-12(2,10-13(3,4)15-14)11-8-6-5-7-9-11/h5-9,15H,10H2,1-4H3. The molecular formula is C13H20BN. The second-order valence-corrected chi connectivity index (χ2v) is 5.45. The van der Waals surface area contributed by atoms with Gasteiger partial charge in [-0.3, -0.25) is 0 Å². The quantitative estimate of drug-likeness (QED) is 0.738. The third-order valence-electron chi connectivity index (χ3n) is 2.83. The smallest absolute Gasteiger partial charge is 0.178 e. The van der Waals surface area contributed by atoms with E-state index in [9.17, 15) is 0 Å². The Morgan fingerprint density at radius 2 is 1.60 bits per heavy atom. The van der Waals surface area contributed by atoms with Gasteiger partial charge in [-0.25, -0.2) is 0 Å². The van der Waals surface area contributed by atoms with Crippen molar-refractivity contribution in [3.05, 3.63) is 35.9 Å². The number of nitrogens with one attached hydrogen (secondary N) is 1. The molecule has 1 aromatic carbocycles. The SMILES string of the molecule is [B]NC(C)(C)CC(C)(C)c1ccccc1. The van der Waals surface area contributed by atoms with Crippen LogP contribution in [0.5, 0.6) is 0 Å². The average molecular weight is 201 g/mol. The van der Waals surface area contributed by atoms with E-state index >= 15 is 0 Å². The molecule has 0 spiro atoms. The fourth-order valence-electron chi connectivity index (χ4n) is 2.15. The van der Waals surface area contributed by atoms with Gasteiger partial charge in [0.1, 0.15) is 0 Å². The summed E-state index contributed by atoms with van der Waals surface area (Å²) in [6.07, 6.45) is 1.00. The lowest BCUT2D eigenvalue weighted by Gasteiger charge is -2.35. The van der Waals surface area contributed by atoms with Crippen LogP contribution in [-0.2, 0) is 5.41 Å². The van der Waals surface area contributed by atoms with Crippen molar-refractivity contribution in [2.45, 2.75) is 45.1 Å². The van der Waals surface area contributed by atoms with Crippen molar-refractivity contribution < 1.29 is 0 Å². The molecule has 0 saturated carbocycles. The molecule has 2 radical (unpaired) electrons. The minimum atomic E-state index is -0.0423. The van der Waals surface area contributed by atoms with E-state index < -0.39 is 0 Å². The predicted molar refractivity (Wildman–Crippen MR) is 67.1 cm³/mol. The maximum absolute atomic E-state index is 5.54. The average Bonchev–Trinajstić information content (AvgIpc) is 2.18. The molecule has 1 rings (SSSR count). The highest BCUT2D eigenvalue weighted by atomic mass is 14.9. The molecule has 80 valence electrons. The summed E-state index contributed by atoms with van der Waals surface area (Å²) in [5.74, 6) is 0. The topological polar surface area (TPSA) is 12.0 Å². The van der Waals surface area contributed by atoms with Gasteiger partial charge in [0, 0.05) is 5.54 Å². The van der Waals surface area contributed by atoms with Crippen LogP contribution in [0.3, 0.4) is 0 Å². The Bertz CT molecular complexity index is 304. The molecule has 0 heterocycles. The zero-order valence-corrected chi connectivity index (χ0v) is 10.2. The summed E-state index contributed by atoms with van der Waals surface area (Å²) in [6.45, 7) is 8.75. The summed E-state index contributed by atoms with van der Waals surface area (Å²) < 4.78 is 0. The van der Waals surface area contributed by atoms with E-state index in [0.717, 1.165) is 6.42 Å². The lowest BCUT2D eigenvalue weighted by molar-refractivity contribution is 0.329. The Balaban J connectivity index is 2.85. The fourth-order valence-corrected chi connectivity index (χ4v) is 2.15. The minimum absolute atomic E-state index is 0.0423. The highest BCUT2D eigenvalue weighted by Gasteiger charge is 2.28. The van der Waals surface area contributed by atoms with Crippen LogP contribution in [0.25, 0.3) is 0 Å². The monoisotopic (exact) mass is 201 g/mol. The van der Waals surface area contributed by atoms with Crippen LogP contribution in [0.4, 0.5) is 0 Å². The molecule has 0 aliphatic rings. The predicted octanol–water partition coefficient (Wildman–Crippen LogP) is 2.81. The molecule has 0 saturated heterocycles. The van der Waals surface area contributed by atoms with Crippen molar-refractivity contribution in [1.82, 2.24) is 5.23 Å². The first-order valence-corrected chi connectivity index (χ1v) is 5.41. The molecule has 0 fully saturated rings. The van der Waals surface area contributed by atoms with Gasteiger partial charge in [-0.2, -0.15) is 0 Å². The Morgan fingerprint density at radius 3 is 2.07 bits per heavy atom. The lowest BCUT2D eigenvalue weighted by Crippen LogP contribution is -2.42. The molecule has 1 nitrogen and oxygen atoms in total. The van der Waals surface area contributed by atoms with Gasteiger partial charge in [-0.05, 0) is 31.2 Å². The molecule has 1 aromatic rings. The van der Waals surface area contributed by atoms with Crippen LogP contribution in [0.1, 0.15) is 39.7 Å². The first-order valence-electron chi connectivity index (χ1n) is 5.41. The van der Waals surface area contributed by atoms with Crippen molar-refractivity contribution in [2.75, 3.05) is 0 Å². The first kappa shape index (κ1) is 12.3. The van der Waals surface area contributed by atoms with E-state index in [2.05, 4.69) is 57.2 Å². The third kappa shape index (κ3) is 3.38. The molecule has 0 aliphatic heterocycles. The van der Waals surface area contributed by atoms with E-state index in [1.54, 1.807) is 0 Å². The highest BCUT2D eigenvalue weighted by molar-refractivity contribution is 6.04. The molecular weight excluding hydrogens is 181 g/mol. The molecule has 0 unspecified atom stereocenters. The van der Waals surface area contributed by atoms with Gasteiger partial charge in [0.25, 0.3) is 0 Å². The van der Waals surface area contributed by atoms with E-state index in [1.165, 1.54) is 5.56 Å². The second-order valence-electron chi connectivity index (χ2n) is 5.45. The Labute approximate surface area is 94.7 Å². The van der Waals surface area contributed by atoms with Gasteiger partial charge in [0.2, 0.25) is 0 Å². The largest absolute Gasteiger partial charge is 0.362 e. The van der Waals surface area contributed by atoms with E-state index in [-0.39, 0.29) is 11.0 Å². The van der Waals surface area contributed by atoms with Crippen LogP contribution < -0.4 is 5.23 Å². The van der Waals surface area contributed by atoms with Crippen LogP contribution >= 0.6 is 0 Å². The van der Waals surface area contributed by atoms with Crippen molar-refractivity contribution in [3.8, 4) is 0 Å². The molecule has 15 heavy (non-hydrogen) atoms. The fraction of sp³-hybridized carbons (Fsp3) is 0.538. The minimum Gasteiger partial charge on any atom is -0.362 e. The number of benzene rings is 1. The van der Waals surface area contributed by atoms with Gasteiger partial charge in [-0.15, -0.1) is 0 Å². The van der Waals surface area contributed by atoms with E-state index in [4.69, 9.17) is 7.98 Å². The highest BCUT2D eigenvalue weighted by Crippen LogP contribution is 2.31. The zero-order valence-electron chi connectivity index (χ0n) is 10.2. The van der Waals surface area contributed by atoms with E-state index in [0.29, 0.717) is 0 Å². The van der Waals surface area contributed by atoms with E-state index in [1.807, 2.05) is 6.07 Å². The summed E-state index contributed by atoms with van der Waals surface area (Å²) >= 11 is 0. The summed E-state index contributed by atoms with van der Waals surface area (Å²) in [6, 6.07) is 10.6. The maximum atomic E-state index is 5.54. The third-order valence-corrected chi connectivity index (χ3v) is 2.83.